The van der Waals surface area contributed by atoms with Crippen LogP contribution in [0.5, 0.6) is 0 Å². The van der Waals surface area contributed by atoms with Crippen molar-refractivity contribution in [2.45, 2.75) is 32.1 Å². The van der Waals surface area contributed by atoms with Crippen LogP contribution in [-0.4, -0.2) is 12.4 Å². The van der Waals surface area contributed by atoms with E-state index in [4.69, 9.17) is 0 Å². The number of piperidine rings is 1. The third kappa shape index (κ3) is 1.19. The van der Waals surface area contributed by atoms with E-state index in [1.54, 1.807) is 0 Å². The maximum atomic E-state index is 4.51. The monoisotopic (exact) mass is 176 g/mol. The van der Waals surface area contributed by atoms with E-state index in [0.29, 0.717) is 0 Å². The van der Waals surface area contributed by atoms with Crippen LogP contribution in [0.1, 0.15) is 32.1 Å². The summed E-state index contributed by atoms with van der Waals surface area (Å²) in [6.45, 7) is 1.05. The fourth-order valence-corrected chi connectivity index (χ4v) is 2.81. The second-order valence-corrected chi connectivity index (χ2v) is 4.40. The smallest absolute Gasteiger partial charge is 0.104 e. The molecule has 0 spiro atoms. The first-order valence-corrected chi connectivity index (χ1v) is 5.45. The first kappa shape index (κ1) is 7.60. The van der Waals surface area contributed by atoms with Gasteiger partial charge in [0.2, 0.25) is 0 Å². The van der Waals surface area contributed by atoms with Gasteiger partial charge in [0.15, 0.2) is 0 Å². The summed E-state index contributed by atoms with van der Waals surface area (Å²) in [5.74, 6) is 2.88. The Morgan fingerprint density at radius 3 is 3.31 bits per heavy atom. The first-order chi connectivity index (χ1) is 6.43. The average molecular weight is 176 g/mol. The molecule has 2 heteroatoms. The molecule has 0 aromatic heterocycles. The van der Waals surface area contributed by atoms with E-state index < -0.39 is 0 Å². The van der Waals surface area contributed by atoms with Crippen LogP contribution in [-0.2, 0) is 0 Å². The molecule has 1 saturated heterocycles. The van der Waals surface area contributed by atoms with Gasteiger partial charge in [-0.2, -0.15) is 0 Å². The van der Waals surface area contributed by atoms with Gasteiger partial charge < -0.3 is 5.32 Å². The Morgan fingerprint density at radius 2 is 2.31 bits per heavy atom. The number of rotatable bonds is 0. The number of nitrogens with zero attached hydrogens (tertiary/aromatic N) is 1. The zero-order chi connectivity index (χ0) is 8.67. The zero-order valence-corrected chi connectivity index (χ0v) is 7.92. The quantitative estimate of drug-likeness (QED) is 0.600. The molecular weight excluding hydrogens is 160 g/mol. The van der Waals surface area contributed by atoms with Crippen molar-refractivity contribution in [1.82, 2.24) is 5.32 Å². The van der Waals surface area contributed by atoms with Crippen molar-refractivity contribution >= 4 is 5.84 Å². The lowest BCUT2D eigenvalue weighted by Gasteiger charge is -2.33. The van der Waals surface area contributed by atoms with Gasteiger partial charge in [-0.3, -0.25) is 4.99 Å². The van der Waals surface area contributed by atoms with Gasteiger partial charge >= 0.3 is 0 Å². The number of amidine groups is 1. The molecule has 0 bridgehead atoms. The average Bonchev–Trinajstić information content (AvgIpc) is 2.61. The molecule has 2 aliphatic heterocycles. The van der Waals surface area contributed by atoms with E-state index in [0.717, 1.165) is 18.4 Å². The summed E-state index contributed by atoms with van der Waals surface area (Å²) >= 11 is 0. The largest absolute Gasteiger partial charge is 0.347 e. The summed E-state index contributed by atoms with van der Waals surface area (Å²) in [5, 5.41) is 3.53. The summed E-state index contributed by atoms with van der Waals surface area (Å²) in [5.41, 5.74) is 1.48. The fraction of sp³-hybridized carbons (Fsp3) is 0.727. The van der Waals surface area contributed by atoms with E-state index in [9.17, 15) is 0 Å². The van der Waals surface area contributed by atoms with Crippen LogP contribution in [0.3, 0.4) is 0 Å². The third-order valence-corrected chi connectivity index (χ3v) is 3.55. The van der Waals surface area contributed by atoms with Gasteiger partial charge in [-0.1, -0.05) is 6.08 Å². The summed E-state index contributed by atoms with van der Waals surface area (Å²) < 4.78 is 0. The van der Waals surface area contributed by atoms with Crippen molar-refractivity contribution in [2.75, 3.05) is 6.54 Å². The molecule has 2 atom stereocenters. The topological polar surface area (TPSA) is 24.4 Å². The number of aliphatic imine (C=N–C) groups is 1. The van der Waals surface area contributed by atoms with Crippen molar-refractivity contribution < 1.29 is 0 Å². The molecule has 0 aromatic rings. The highest BCUT2D eigenvalue weighted by Gasteiger charge is 2.33. The van der Waals surface area contributed by atoms with Crippen LogP contribution in [0.2, 0.25) is 0 Å². The van der Waals surface area contributed by atoms with Crippen LogP contribution in [0.25, 0.3) is 0 Å². The van der Waals surface area contributed by atoms with Crippen molar-refractivity contribution in [3.8, 4) is 0 Å². The van der Waals surface area contributed by atoms with Gasteiger partial charge in [0.1, 0.15) is 5.84 Å². The normalized spacial score (nSPS) is 36.9. The number of hydrogen-bond acceptors (Lipinski definition) is 2. The number of nitrogens with one attached hydrogen (secondary N) is 1. The summed E-state index contributed by atoms with van der Waals surface area (Å²) in [4.78, 5) is 4.51. The molecule has 2 unspecified atom stereocenters. The van der Waals surface area contributed by atoms with E-state index in [1.165, 1.54) is 43.6 Å². The van der Waals surface area contributed by atoms with Crippen molar-refractivity contribution in [3.05, 3.63) is 11.8 Å². The standard InChI is InChI=1S/C11H16N2/c1-2-4-10-8(3-1)7-9-5-6-12-11(9)13-10/h4,8-9H,1-3,5-7H2,(H,12,13). The Morgan fingerprint density at radius 1 is 1.31 bits per heavy atom. The van der Waals surface area contributed by atoms with E-state index >= 15 is 0 Å². The van der Waals surface area contributed by atoms with Crippen LogP contribution >= 0.6 is 0 Å². The van der Waals surface area contributed by atoms with E-state index in [-0.39, 0.29) is 0 Å². The molecule has 1 N–H and O–H groups in total. The predicted octanol–water partition coefficient (Wildman–Crippen LogP) is 2.08. The number of hydrogen-bond donors (Lipinski definition) is 1. The molecule has 0 radical (unpaired) electrons. The molecule has 1 aliphatic carbocycles. The lowest BCUT2D eigenvalue weighted by molar-refractivity contribution is 0.392. The molecule has 1 fully saturated rings. The second kappa shape index (κ2) is 2.86. The summed E-state index contributed by atoms with van der Waals surface area (Å²) in [7, 11) is 0. The summed E-state index contributed by atoms with van der Waals surface area (Å²) in [6, 6.07) is 0. The molecule has 0 saturated carbocycles. The third-order valence-electron chi connectivity index (χ3n) is 3.55. The SMILES string of the molecule is C1=C2NC3=NCCC3CC2CCC1. The van der Waals surface area contributed by atoms with Gasteiger partial charge in [-0.15, -0.1) is 0 Å². The maximum Gasteiger partial charge on any atom is 0.104 e. The lowest BCUT2D eigenvalue weighted by atomic mass is 9.80. The molecule has 0 aromatic carbocycles. The second-order valence-electron chi connectivity index (χ2n) is 4.40. The highest BCUT2D eigenvalue weighted by atomic mass is 15.0. The zero-order valence-electron chi connectivity index (χ0n) is 7.92. The van der Waals surface area contributed by atoms with Crippen molar-refractivity contribution in [3.63, 3.8) is 0 Å². The van der Waals surface area contributed by atoms with Gasteiger partial charge in [0, 0.05) is 18.2 Å². The van der Waals surface area contributed by atoms with E-state index in [1.807, 2.05) is 0 Å². The van der Waals surface area contributed by atoms with Crippen molar-refractivity contribution in [1.29, 1.82) is 0 Å². The van der Waals surface area contributed by atoms with Crippen molar-refractivity contribution in [2.24, 2.45) is 16.8 Å². The van der Waals surface area contributed by atoms with Crippen LogP contribution in [0.4, 0.5) is 0 Å². The van der Waals surface area contributed by atoms with Gasteiger partial charge in [0.05, 0.1) is 0 Å². The first-order valence-electron chi connectivity index (χ1n) is 5.45. The Labute approximate surface area is 79.1 Å². The number of allylic oxidation sites excluding steroid dienone is 2. The molecule has 2 heterocycles. The van der Waals surface area contributed by atoms with Crippen LogP contribution in [0.15, 0.2) is 16.8 Å². The lowest BCUT2D eigenvalue weighted by Crippen LogP contribution is -2.38. The highest BCUT2D eigenvalue weighted by Crippen LogP contribution is 2.35. The highest BCUT2D eigenvalue weighted by molar-refractivity contribution is 5.88. The Balaban J connectivity index is 1.86. The Kier molecular flexibility index (Phi) is 1.67. The summed E-state index contributed by atoms with van der Waals surface area (Å²) in [6.07, 6.45) is 9.06. The molecule has 13 heavy (non-hydrogen) atoms. The molecule has 3 aliphatic rings. The predicted molar refractivity (Wildman–Crippen MR) is 53.6 cm³/mol. The van der Waals surface area contributed by atoms with Gasteiger partial charge in [0.25, 0.3) is 0 Å². The molecular formula is C11H16N2. The molecule has 3 rings (SSSR count). The fourth-order valence-electron chi connectivity index (χ4n) is 2.81. The van der Waals surface area contributed by atoms with Gasteiger partial charge in [-0.05, 0) is 38.0 Å². The Hall–Kier alpha value is -0.790. The minimum absolute atomic E-state index is 0.764. The van der Waals surface area contributed by atoms with Gasteiger partial charge in [-0.25, -0.2) is 0 Å². The van der Waals surface area contributed by atoms with Crippen LogP contribution < -0.4 is 5.32 Å². The Bertz CT molecular complexity index is 278. The molecule has 2 nitrogen and oxygen atoms in total. The molecule has 0 amide bonds. The van der Waals surface area contributed by atoms with E-state index in [2.05, 4.69) is 16.4 Å². The van der Waals surface area contributed by atoms with Crippen LogP contribution in [0, 0.1) is 11.8 Å². The minimum atomic E-state index is 0.764. The molecule has 70 valence electrons. The number of fused-ring (bicyclic) bond motifs is 2. The maximum absolute atomic E-state index is 4.51. The minimum Gasteiger partial charge on any atom is -0.347 e.